The van der Waals surface area contributed by atoms with E-state index < -0.39 is 30.5 Å². The molecule has 6 nitrogen and oxygen atoms in total. The van der Waals surface area contributed by atoms with E-state index in [1.807, 2.05) is 13.8 Å². The van der Waals surface area contributed by atoms with Crippen LogP contribution in [-0.2, 0) is 19.1 Å². The summed E-state index contributed by atoms with van der Waals surface area (Å²) in [5.74, 6) is -1.78. The van der Waals surface area contributed by atoms with E-state index in [2.05, 4.69) is 10.1 Å². The van der Waals surface area contributed by atoms with Crippen LogP contribution in [0.2, 0.25) is 10.0 Å². The first-order valence-corrected chi connectivity index (χ1v) is 7.99. The summed E-state index contributed by atoms with van der Waals surface area (Å²) in [6, 6.07) is 3.53. The van der Waals surface area contributed by atoms with Crippen LogP contribution in [0.4, 0.5) is 0 Å². The predicted octanol–water partition coefficient (Wildman–Crippen LogP) is 2.85. The maximum atomic E-state index is 11.9. The van der Waals surface area contributed by atoms with Gasteiger partial charge in [-0.3, -0.25) is 4.79 Å². The lowest BCUT2D eigenvalue weighted by atomic mass is 10.0. The first-order chi connectivity index (χ1) is 11.2. The van der Waals surface area contributed by atoms with Gasteiger partial charge in [-0.05, 0) is 30.5 Å². The topological polar surface area (TPSA) is 81.7 Å². The fourth-order valence-electron chi connectivity index (χ4n) is 1.93. The third-order valence-corrected chi connectivity index (χ3v) is 3.58. The summed E-state index contributed by atoms with van der Waals surface area (Å²) in [6.07, 6.45) is 0.409. The molecule has 1 amide bonds. The fourth-order valence-corrected chi connectivity index (χ4v) is 2.29. The van der Waals surface area contributed by atoms with Crippen LogP contribution >= 0.6 is 23.2 Å². The number of methoxy groups -OCH3 is 1. The van der Waals surface area contributed by atoms with Crippen LogP contribution in [0.5, 0.6) is 0 Å². The smallest absolute Gasteiger partial charge is 0.340 e. The van der Waals surface area contributed by atoms with Gasteiger partial charge in [-0.1, -0.05) is 37.0 Å². The van der Waals surface area contributed by atoms with Gasteiger partial charge in [0.15, 0.2) is 6.61 Å². The van der Waals surface area contributed by atoms with Crippen molar-refractivity contribution in [2.75, 3.05) is 13.7 Å². The van der Waals surface area contributed by atoms with E-state index >= 15 is 0 Å². The van der Waals surface area contributed by atoms with Gasteiger partial charge in [0.1, 0.15) is 6.04 Å². The number of ether oxygens (including phenoxy) is 2. The number of carbonyl (C=O) groups is 3. The van der Waals surface area contributed by atoms with Crippen molar-refractivity contribution in [2.45, 2.75) is 26.3 Å². The van der Waals surface area contributed by atoms with Crippen LogP contribution in [0.3, 0.4) is 0 Å². The van der Waals surface area contributed by atoms with E-state index in [9.17, 15) is 14.4 Å². The molecule has 0 saturated heterocycles. The molecule has 0 saturated carbocycles. The predicted molar refractivity (Wildman–Crippen MR) is 90.1 cm³/mol. The Kier molecular flexibility index (Phi) is 8.01. The van der Waals surface area contributed by atoms with Crippen LogP contribution in [0.25, 0.3) is 0 Å². The number of amides is 1. The summed E-state index contributed by atoms with van der Waals surface area (Å²) in [6.45, 7) is 3.26. The second kappa shape index (κ2) is 9.49. The van der Waals surface area contributed by atoms with Gasteiger partial charge in [0, 0.05) is 5.02 Å². The van der Waals surface area contributed by atoms with Crippen LogP contribution in [0.15, 0.2) is 18.2 Å². The van der Waals surface area contributed by atoms with E-state index in [1.165, 1.54) is 25.3 Å². The highest BCUT2D eigenvalue weighted by molar-refractivity contribution is 6.35. The molecule has 0 heterocycles. The van der Waals surface area contributed by atoms with Gasteiger partial charge in [0.25, 0.3) is 5.91 Å². The molecule has 24 heavy (non-hydrogen) atoms. The Bertz CT molecular complexity index is 618. The fraction of sp³-hybridized carbons (Fsp3) is 0.438. The Labute approximate surface area is 150 Å². The number of hydrogen-bond acceptors (Lipinski definition) is 5. The van der Waals surface area contributed by atoms with Gasteiger partial charge in [-0.25, -0.2) is 9.59 Å². The average Bonchev–Trinajstić information content (AvgIpc) is 2.53. The van der Waals surface area contributed by atoms with Crippen LogP contribution in [0, 0.1) is 5.92 Å². The van der Waals surface area contributed by atoms with Crippen molar-refractivity contribution in [2.24, 2.45) is 5.92 Å². The number of halogens is 2. The highest BCUT2D eigenvalue weighted by Crippen LogP contribution is 2.21. The van der Waals surface area contributed by atoms with Gasteiger partial charge >= 0.3 is 11.9 Å². The second-order valence-electron chi connectivity index (χ2n) is 5.47. The van der Waals surface area contributed by atoms with Crippen molar-refractivity contribution in [1.29, 1.82) is 0 Å². The third kappa shape index (κ3) is 6.37. The average molecular weight is 376 g/mol. The van der Waals surface area contributed by atoms with E-state index in [0.29, 0.717) is 11.4 Å². The molecule has 1 aromatic carbocycles. The van der Waals surface area contributed by atoms with Crippen LogP contribution < -0.4 is 5.32 Å². The number of nitrogens with one attached hydrogen (secondary N) is 1. The molecule has 0 aliphatic carbocycles. The summed E-state index contributed by atoms with van der Waals surface area (Å²) in [7, 11) is 1.24. The first-order valence-electron chi connectivity index (χ1n) is 7.24. The summed E-state index contributed by atoms with van der Waals surface area (Å²) < 4.78 is 9.54. The normalized spacial score (nSPS) is 11.8. The zero-order chi connectivity index (χ0) is 18.3. The lowest BCUT2D eigenvalue weighted by Crippen LogP contribution is -2.44. The highest BCUT2D eigenvalue weighted by atomic mass is 35.5. The quantitative estimate of drug-likeness (QED) is 0.740. The molecular weight excluding hydrogens is 357 g/mol. The van der Waals surface area contributed by atoms with Crippen molar-refractivity contribution < 1.29 is 23.9 Å². The highest BCUT2D eigenvalue weighted by Gasteiger charge is 2.23. The minimum Gasteiger partial charge on any atom is -0.467 e. The van der Waals surface area contributed by atoms with Crippen molar-refractivity contribution in [3.63, 3.8) is 0 Å². The molecule has 0 radical (unpaired) electrons. The number of carbonyl (C=O) groups excluding carboxylic acids is 3. The van der Waals surface area contributed by atoms with Crippen molar-refractivity contribution in [3.05, 3.63) is 33.8 Å². The van der Waals surface area contributed by atoms with E-state index in [4.69, 9.17) is 27.9 Å². The van der Waals surface area contributed by atoms with Crippen molar-refractivity contribution in [3.8, 4) is 0 Å². The van der Waals surface area contributed by atoms with Gasteiger partial charge in [0.05, 0.1) is 17.7 Å². The molecule has 0 spiro atoms. The molecule has 0 unspecified atom stereocenters. The third-order valence-electron chi connectivity index (χ3n) is 3.01. The minimum absolute atomic E-state index is 0.0589. The molecule has 0 aliphatic heterocycles. The largest absolute Gasteiger partial charge is 0.467 e. The van der Waals surface area contributed by atoms with E-state index in [-0.39, 0.29) is 16.5 Å². The number of hydrogen-bond donors (Lipinski definition) is 1. The Morgan fingerprint density at radius 2 is 1.88 bits per heavy atom. The van der Waals surface area contributed by atoms with Gasteiger partial charge in [-0.2, -0.15) is 0 Å². The number of esters is 2. The molecule has 1 aromatic rings. The van der Waals surface area contributed by atoms with Crippen LogP contribution in [-0.4, -0.2) is 37.6 Å². The van der Waals surface area contributed by atoms with Gasteiger partial charge in [0.2, 0.25) is 0 Å². The molecule has 1 rings (SSSR count). The summed E-state index contributed by atoms with van der Waals surface area (Å²) in [4.78, 5) is 35.5. The molecule has 132 valence electrons. The minimum atomic E-state index is -0.795. The molecule has 1 atom stereocenters. The second-order valence-corrected chi connectivity index (χ2v) is 6.32. The molecule has 1 N–H and O–H groups in total. The molecule has 0 aromatic heterocycles. The SMILES string of the molecule is COC(=O)[C@H](CC(C)C)NC(=O)COC(=O)c1cc(Cl)ccc1Cl. The maximum absolute atomic E-state index is 11.9. The first kappa shape index (κ1) is 20.3. The summed E-state index contributed by atoms with van der Waals surface area (Å²) >= 11 is 11.7. The Hall–Kier alpha value is -1.79. The van der Waals surface area contributed by atoms with E-state index in [0.717, 1.165) is 0 Å². The Balaban J connectivity index is 2.62. The summed E-state index contributed by atoms with van der Waals surface area (Å²) in [5.41, 5.74) is 0.0589. The molecule has 0 bridgehead atoms. The van der Waals surface area contributed by atoms with E-state index in [1.54, 1.807) is 0 Å². The Morgan fingerprint density at radius 1 is 1.21 bits per heavy atom. The van der Waals surface area contributed by atoms with Crippen molar-refractivity contribution in [1.82, 2.24) is 5.32 Å². The molecule has 8 heteroatoms. The molecular formula is C16H19Cl2NO5. The lowest BCUT2D eigenvalue weighted by Gasteiger charge is -2.18. The zero-order valence-corrected chi connectivity index (χ0v) is 15.1. The Morgan fingerprint density at radius 3 is 2.46 bits per heavy atom. The lowest BCUT2D eigenvalue weighted by molar-refractivity contribution is -0.145. The van der Waals surface area contributed by atoms with Crippen LogP contribution in [0.1, 0.15) is 30.6 Å². The summed E-state index contributed by atoms with van der Waals surface area (Å²) in [5, 5.41) is 2.96. The zero-order valence-electron chi connectivity index (χ0n) is 13.6. The number of benzene rings is 1. The number of rotatable bonds is 7. The monoisotopic (exact) mass is 375 g/mol. The maximum Gasteiger partial charge on any atom is 0.340 e. The molecule has 0 aliphatic rings. The van der Waals surface area contributed by atoms with Gasteiger partial charge < -0.3 is 14.8 Å². The standard InChI is InChI=1S/C16H19Cl2NO5/c1-9(2)6-13(16(22)23-3)19-14(20)8-24-15(21)11-7-10(17)4-5-12(11)18/h4-5,7,9,13H,6,8H2,1-3H3,(H,19,20)/t13-/m0/s1. The van der Waals surface area contributed by atoms with Crippen molar-refractivity contribution >= 4 is 41.0 Å². The van der Waals surface area contributed by atoms with Gasteiger partial charge in [-0.15, -0.1) is 0 Å². The molecule has 0 fully saturated rings.